The summed E-state index contributed by atoms with van der Waals surface area (Å²) in [6, 6.07) is 18.5. The summed E-state index contributed by atoms with van der Waals surface area (Å²) in [6.07, 6.45) is -4.46. The summed E-state index contributed by atoms with van der Waals surface area (Å²) < 4.78 is 40.4. The minimum atomic E-state index is -4.46. The van der Waals surface area contributed by atoms with Crippen LogP contribution in [-0.2, 0) is 12.7 Å². The summed E-state index contributed by atoms with van der Waals surface area (Å²) in [5.41, 5.74) is 3.35. The van der Waals surface area contributed by atoms with Gasteiger partial charge in [-0.1, -0.05) is 34.8 Å². The molecule has 0 saturated heterocycles. The van der Waals surface area contributed by atoms with E-state index >= 15 is 0 Å². The van der Waals surface area contributed by atoms with Gasteiger partial charge in [-0.05, 0) is 85.3 Å². The normalized spacial score (nSPS) is 11.5. The Morgan fingerprint density at radius 2 is 1.51 bits per heavy atom. The quantitative estimate of drug-likeness (QED) is 0.273. The Morgan fingerprint density at radius 1 is 0.886 bits per heavy atom. The maximum Gasteiger partial charge on any atom is 0.416 e. The number of benzene rings is 3. The molecule has 4 rings (SSSR count). The number of halogens is 6. The van der Waals surface area contributed by atoms with Gasteiger partial charge in [0, 0.05) is 39.1 Å². The minimum Gasteiger partial charge on any atom is -0.348 e. The molecule has 3 aromatic carbocycles. The van der Waals surface area contributed by atoms with Crippen molar-refractivity contribution in [2.45, 2.75) is 19.6 Å². The molecular formula is C26H18Cl3F3N2O. The summed E-state index contributed by atoms with van der Waals surface area (Å²) in [4.78, 5) is 12.6. The molecule has 0 radical (unpaired) electrons. The van der Waals surface area contributed by atoms with E-state index in [4.69, 9.17) is 34.8 Å². The van der Waals surface area contributed by atoms with E-state index in [-0.39, 0.29) is 12.1 Å². The van der Waals surface area contributed by atoms with Gasteiger partial charge < -0.3 is 9.88 Å². The third-order valence-corrected chi connectivity index (χ3v) is 6.36. The standard InChI is InChI=1S/C26H18Cl3F3N2O/c1-15-17(14-33-25(35)16-2-4-18(5-3-16)26(30,31)32)12-24(22-11-8-20(28)13-23(22)29)34(15)21-9-6-19(27)7-10-21/h2-13H,14H2,1H3,(H,33,35). The SMILES string of the molecule is Cc1c(CNC(=O)c2ccc(C(F)(F)F)cc2)cc(-c2ccc(Cl)cc2Cl)n1-c1ccc(Cl)cc1. The Hall–Kier alpha value is -2.93. The van der Waals surface area contributed by atoms with E-state index in [0.29, 0.717) is 15.1 Å². The second kappa shape index (κ2) is 9.97. The molecule has 0 aliphatic carbocycles. The zero-order valence-electron chi connectivity index (χ0n) is 18.3. The number of hydrogen-bond donors (Lipinski definition) is 1. The summed E-state index contributed by atoms with van der Waals surface area (Å²) in [5, 5.41) is 4.34. The number of rotatable bonds is 5. The van der Waals surface area contributed by atoms with E-state index in [9.17, 15) is 18.0 Å². The van der Waals surface area contributed by atoms with Crippen molar-refractivity contribution in [1.82, 2.24) is 9.88 Å². The van der Waals surface area contributed by atoms with Crippen molar-refractivity contribution in [1.29, 1.82) is 0 Å². The van der Waals surface area contributed by atoms with Crippen LogP contribution in [0.1, 0.15) is 27.2 Å². The highest BCUT2D eigenvalue weighted by Gasteiger charge is 2.30. The predicted molar refractivity (Wildman–Crippen MR) is 134 cm³/mol. The van der Waals surface area contributed by atoms with Gasteiger partial charge in [0.1, 0.15) is 0 Å². The van der Waals surface area contributed by atoms with E-state index in [1.54, 1.807) is 24.3 Å². The number of aromatic nitrogens is 1. The lowest BCUT2D eigenvalue weighted by Crippen LogP contribution is -2.23. The summed E-state index contributed by atoms with van der Waals surface area (Å²) in [6.45, 7) is 2.06. The molecule has 0 bridgehead atoms. The van der Waals surface area contributed by atoms with Crippen molar-refractivity contribution < 1.29 is 18.0 Å². The van der Waals surface area contributed by atoms with Gasteiger partial charge in [-0.3, -0.25) is 4.79 Å². The molecule has 3 nitrogen and oxygen atoms in total. The molecule has 0 spiro atoms. The van der Waals surface area contributed by atoms with Gasteiger partial charge >= 0.3 is 6.18 Å². The molecule has 0 fully saturated rings. The summed E-state index contributed by atoms with van der Waals surface area (Å²) >= 11 is 18.6. The predicted octanol–water partition coefficient (Wildman–Crippen LogP) is 8.36. The molecule has 0 aliphatic rings. The topological polar surface area (TPSA) is 34.0 Å². The van der Waals surface area contributed by atoms with Crippen molar-refractivity contribution in [3.63, 3.8) is 0 Å². The number of nitrogens with one attached hydrogen (secondary N) is 1. The fourth-order valence-electron chi connectivity index (χ4n) is 3.74. The summed E-state index contributed by atoms with van der Waals surface area (Å²) in [5.74, 6) is -0.483. The van der Waals surface area contributed by atoms with Crippen LogP contribution in [0.4, 0.5) is 13.2 Å². The summed E-state index contributed by atoms with van der Waals surface area (Å²) in [7, 11) is 0. The highest BCUT2D eigenvalue weighted by atomic mass is 35.5. The van der Waals surface area contributed by atoms with Crippen LogP contribution >= 0.6 is 34.8 Å². The smallest absolute Gasteiger partial charge is 0.348 e. The van der Waals surface area contributed by atoms with Crippen molar-refractivity contribution in [2.75, 3.05) is 0 Å². The van der Waals surface area contributed by atoms with Crippen LogP contribution in [0.25, 0.3) is 16.9 Å². The number of hydrogen-bond acceptors (Lipinski definition) is 1. The molecule has 4 aromatic rings. The maximum absolute atomic E-state index is 12.8. The molecule has 9 heteroatoms. The number of nitrogens with zero attached hydrogens (tertiary/aromatic N) is 1. The Morgan fingerprint density at radius 3 is 2.11 bits per heavy atom. The van der Waals surface area contributed by atoms with E-state index < -0.39 is 17.6 Å². The lowest BCUT2D eigenvalue weighted by atomic mass is 10.1. The first-order chi connectivity index (χ1) is 16.5. The van der Waals surface area contributed by atoms with Crippen LogP contribution in [0.15, 0.2) is 72.8 Å². The average molecular weight is 538 g/mol. The highest BCUT2D eigenvalue weighted by Crippen LogP contribution is 2.35. The largest absolute Gasteiger partial charge is 0.416 e. The molecule has 0 saturated carbocycles. The van der Waals surface area contributed by atoms with Crippen molar-refractivity contribution in [3.8, 4) is 16.9 Å². The average Bonchev–Trinajstić information content (AvgIpc) is 3.13. The van der Waals surface area contributed by atoms with E-state index in [1.165, 1.54) is 0 Å². The van der Waals surface area contributed by atoms with Crippen LogP contribution in [0.3, 0.4) is 0 Å². The fraction of sp³-hybridized carbons (Fsp3) is 0.115. The number of alkyl halides is 3. The molecule has 35 heavy (non-hydrogen) atoms. The monoisotopic (exact) mass is 536 g/mol. The molecule has 0 unspecified atom stereocenters. The molecule has 1 heterocycles. The lowest BCUT2D eigenvalue weighted by Gasteiger charge is -2.14. The van der Waals surface area contributed by atoms with E-state index in [2.05, 4.69) is 5.32 Å². The van der Waals surface area contributed by atoms with Crippen LogP contribution in [0, 0.1) is 6.92 Å². The molecule has 1 amide bonds. The van der Waals surface area contributed by atoms with Crippen molar-refractivity contribution >= 4 is 40.7 Å². The Bertz CT molecular complexity index is 1380. The third-order valence-electron chi connectivity index (χ3n) is 5.56. The lowest BCUT2D eigenvalue weighted by molar-refractivity contribution is -0.137. The van der Waals surface area contributed by atoms with Crippen LogP contribution in [0.5, 0.6) is 0 Å². The molecular weight excluding hydrogens is 520 g/mol. The van der Waals surface area contributed by atoms with Gasteiger partial charge in [0.15, 0.2) is 0 Å². The highest BCUT2D eigenvalue weighted by molar-refractivity contribution is 6.36. The van der Waals surface area contributed by atoms with Gasteiger partial charge in [0.2, 0.25) is 0 Å². The fourth-order valence-corrected chi connectivity index (χ4v) is 4.38. The van der Waals surface area contributed by atoms with Crippen LogP contribution in [-0.4, -0.2) is 10.5 Å². The number of carbonyl (C=O) groups is 1. The second-order valence-corrected chi connectivity index (χ2v) is 9.11. The molecule has 0 atom stereocenters. The Labute approximate surface area is 215 Å². The van der Waals surface area contributed by atoms with Gasteiger partial charge in [0.05, 0.1) is 16.3 Å². The third kappa shape index (κ3) is 5.50. The van der Waals surface area contributed by atoms with E-state index in [1.807, 2.05) is 35.8 Å². The Balaban J connectivity index is 1.66. The minimum absolute atomic E-state index is 0.133. The zero-order valence-corrected chi connectivity index (χ0v) is 20.5. The first kappa shape index (κ1) is 25.2. The molecule has 1 aromatic heterocycles. The molecule has 180 valence electrons. The van der Waals surface area contributed by atoms with Crippen LogP contribution in [0.2, 0.25) is 15.1 Å². The van der Waals surface area contributed by atoms with Gasteiger partial charge in [-0.25, -0.2) is 0 Å². The first-order valence-electron chi connectivity index (χ1n) is 10.4. The van der Waals surface area contributed by atoms with E-state index in [0.717, 1.165) is 52.5 Å². The van der Waals surface area contributed by atoms with Gasteiger partial charge in [0.25, 0.3) is 5.91 Å². The second-order valence-electron chi connectivity index (χ2n) is 7.83. The molecule has 0 aliphatic heterocycles. The number of amides is 1. The van der Waals surface area contributed by atoms with Gasteiger partial charge in [-0.2, -0.15) is 13.2 Å². The Kier molecular flexibility index (Phi) is 7.17. The molecule has 1 N–H and O–H groups in total. The number of carbonyl (C=O) groups excluding carboxylic acids is 1. The van der Waals surface area contributed by atoms with Crippen molar-refractivity contribution in [2.24, 2.45) is 0 Å². The van der Waals surface area contributed by atoms with Crippen molar-refractivity contribution in [3.05, 3.63) is 110 Å². The van der Waals surface area contributed by atoms with Gasteiger partial charge in [-0.15, -0.1) is 0 Å². The maximum atomic E-state index is 12.8. The first-order valence-corrected chi connectivity index (χ1v) is 11.6. The zero-order chi connectivity index (χ0) is 25.3. The van der Waals surface area contributed by atoms with Crippen LogP contribution < -0.4 is 5.32 Å².